The lowest BCUT2D eigenvalue weighted by atomic mass is 10.1. The minimum atomic E-state index is -0.201. The van der Waals surface area contributed by atoms with Crippen LogP contribution in [0.1, 0.15) is 35.1 Å². The standard InChI is InChI=1S/C25H26ClN5O3S/c1-3-14-31-23(21-5-4-15-30(21)24(33)17-6-8-18(26)9-7-17)28-29-25(31)35-16-22(32)27-19-10-12-20(34-2)13-11-19/h3,6-13,21H,1,4-5,14-16H2,2H3,(H,27,32). The van der Waals surface area contributed by atoms with Gasteiger partial charge in [-0.1, -0.05) is 29.4 Å². The summed E-state index contributed by atoms with van der Waals surface area (Å²) in [5.41, 5.74) is 1.27. The van der Waals surface area contributed by atoms with Gasteiger partial charge in [-0.2, -0.15) is 0 Å². The highest BCUT2D eigenvalue weighted by atomic mass is 35.5. The number of amides is 2. The second kappa shape index (κ2) is 11.4. The van der Waals surface area contributed by atoms with Crippen LogP contribution in [0.5, 0.6) is 5.75 Å². The molecule has 1 aliphatic rings. The molecule has 2 aromatic carbocycles. The van der Waals surface area contributed by atoms with Crippen LogP contribution in [0.25, 0.3) is 0 Å². The Balaban J connectivity index is 1.46. The molecule has 1 saturated heterocycles. The molecule has 10 heteroatoms. The molecule has 0 radical (unpaired) electrons. The number of anilines is 1. The predicted molar refractivity (Wildman–Crippen MR) is 137 cm³/mol. The second-order valence-electron chi connectivity index (χ2n) is 7.97. The number of allylic oxidation sites excluding steroid dienone is 1. The predicted octanol–water partition coefficient (Wildman–Crippen LogP) is 4.83. The molecule has 0 aliphatic carbocycles. The zero-order valence-electron chi connectivity index (χ0n) is 19.3. The number of rotatable bonds is 9. The molecular weight excluding hydrogens is 486 g/mol. The number of halogens is 1. The zero-order valence-corrected chi connectivity index (χ0v) is 20.9. The van der Waals surface area contributed by atoms with E-state index in [1.54, 1.807) is 61.7 Å². The third-order valence-corrected chi connectivity index (χ3v) is 6.88. The van der Waals surface area contributed by atoms with Gasteiger partial charge in [0.2, 0.25) is 5.91 Å². The smallest absolute Gasteiger partial charge is 0.254 e. The number of carbonyl (C=O) groups excluding carboxylic acids is 2. The summed E-state index contributed by atoms with van der Waals surface area (Å²) in [6.07, 6.45) is 3.42. The maximum Gasteiger partial charge on any atom is 0.254 e. The lowest BCUT2D eigenvalue weighted by Gasteiger charge is -2.24. The van der Waals surface area contributed by atoms with Gasteiger partial charge >= 0.3 is 0 Å². The number of aromatic nitrogens is 3. The molecule has 1 atom stereocenters. The molecule has 0 bridgehead atoms. The average Bonchev–Trinajstić information content (AvgIpc) is 3.50. The quantitative estimate of drug-likeness (QED) is 0.327. The van der Waals surface area contributed by atoms with Gasteiger partial charge in [0.25, 0.3) is 5.91 Å². The molecule has 1 aromatic heterocycles. The number of benzene rings is 2. The van der Waals surface area contributed by atoms with Crippen LogP contribution < -0.4 is 10.1 Å². The van der Waals surface area contributed by atoms with Gasteiger partial charge < -0.3 is 19.5 Å². The molecule has 3 aromatic rings. The largest absolute Gasteiger partial charge is 0.497 e. The first-order chi connectivity index (χ1) is 17.0. The van der Waals surface area contributed by atoms with Crippen molar-refractivity contribution in [2.45, 2.75) is 30.6 Å². The van der Waals surface area contributed by atoms with Crippen molar-refractivity contribution in [2.24, 2.45) is 0 Å². The fourth-order valence-electron chi connectivity index (χ4n) is 3.99. The normalized spacial score (nSPS) is 15.1. The average molecular weight is 512 g/mol. The van der Waals surface area contributed by atoms with Crippen molar-refractivity contribution < 1.29 is 14.3 Å². The lowest BCUT2D eigenvalue weighted by Crippen LogP contribution is -2.32. The topological polar surface area (TPSA) is 89.3 Å². The maximum absolute atomic E-state index is 13.2. The van der Waals surface area contributed by atoms with Crippen molar-refractivity contribution in [3.05, 3.63) is 77.6 Å². The Hall–Kier alpha value is -3.30. The molecule has 1 aliphatic heterocycles. The first kappa shape index (κ1) is 24.8. The van der Waals surface area contributed by atoms with E-state index in [-0.39, 0.29) is 23.6 Å². The fourth-order valence-corrected chi connectivity index (χ4v) is 4.87. The SMILES string of the molecule is C=CCn1c(SCC(=O)Nc2ccc(OC)cc2)nnc1C1CCCN1C(=O)c1ccc(Cl)cc1. The van der Waals surface area contributed by atoms with Gasteiger partial charge in [0.05, 0.1) is 18.9 Å². The van der Waals surface area contributed by atoms with Crippen molar-refractivity contribution in [3.8, 4) is 5.75 Å². The third-order valence-electron chi connectivity index (χ3n) is 5.67. The van der Waals surface area contributed by atoms with Crippen molar-refractivity contribution >= 4 is 40.9 Å². The Morgan fingerprint density at radius 3 is 2.63 bits per heavy atom. The van der Waals surface area contributed by atoms with E-state index in [0.29, 0.717) is 40.3 Å². The minimum absolute atomic E-state index is 0.0645. The number of nitrogens with zero attached hydrogens (tertiary/aromatic N) is 4. The molecule has 1 unspecified atom stereocenters. The summed E-state index contributed by atoms with van der Waals surface area (Å²) in [4.78, 5) is 27.5. The Morgan fingerprint density at radius 1 is 1.20 bits per heavy atom. The number of nitrogens with one attached hydrogen (secondary N) is 1. The van der Waals surface area contributed by atoms with E-state index in [4.69, 9.17) is 16.3 Å². The third kappa shape index (κ3) is 5.86. The van der Waals surface area contributed by atoms with Crippen LogP contribution in [-0.2, 0) is 11.3 Å². The second-order valence-corrected chi connectivity index (χ2v) is 9.35. The fraction of sp³-hybridized carbons (Fsp3) is 0.280. The molecular formula is C25H26ClN5O3S. The van der Waals surface area contributed by atoms with Crippen LogP contribution in [-0.4, -0.2) is 50.9 Å². The Kier molecular flexibility index (Phi) is 8.09. The van der Waals surface area contributed by atoms with E-state index in [9.17, 15) is 9.59 Å². The number of hydrogen-bond donors (Lipinski definition) is 1. The van der Waals surface area contributed by atoms with E-state index < -0.39 is 0 Å². The maximum atomic E-state index is 13.2. The highest BCUT2D eigenvalue weighted by Gasteiger charge is 2.34. The molecule has 4 rings (SSSR count). The van der Waals surface area contributed by atoms with E-state index in [1.165, 1.54) is 11.8 Å². The van der Waals surface area contributed by atoms with E-state index in [2.05, 4.69) is 22.1 Å². The summed E-state index contributed by atoms with van der Waals surface area (Å²) >= 11 is 7.27. The Labute approximate surface area is 213 Å². The molecule has 2 heterocycles. The lowest BCUT2D eigenvalue weighted by molar-refractivity contribution is -0.113. The summed E-state index contributed by atoms with van der Waals surface area (Å²) in [7, 11) is 1.59. The molecule has 2 amide bonds. The summed E-state index contributed by atoms with van der Waals surface area (Å²) in [6, 6.07) is 13.8. The van der Waals surface area contributed by atoms with Gasteiger partial charge in [-0.05, 0) is 61.4 Å². The van der Waals surface area contributed by atoms with Gasteiger partial charge in [-0.15, -0.1) is 16.8 Å². The van der Waals surface area contributed by atoms with E-state index in [1.807, 2.05) is 9.47 Å². The number of hydrogen-bond acceptors (Lipinski definition) is 6. The summed E-state index contributed by atoms with van der Waals surface area (Å²) in [6.45, 7) is 4.97. The van der Waals surface area contributed by atoms with Crippen molar-refractivity contribution in [3.63, 3.8) is 0 Å². The molecule has 8 nitrogen and oxygen atoms in total. The number of thioether (sulfide) groups is 1. The minimum Gasteiger partial charge on any atom is -0.497 e. The van der Waals surface area contributed by atoms with Crippen LogP contribution >= 0.6 is 23.4 Å². The van der Waals surface area contributed by atoms with Crippen molar-refractivity contribution in [1.82, 2.24) is 19.7 Å². The Morgan fingerprint density at radius 2 is 1.94 bits per heavy atom. The number of carbonyl (C=O) groups is 2. The van der Waals surface area contributed by atoms with Gasteiger partial charge in [-0.3, -0.25) is 9.59 Å². The van der Waals surface area contributed by atoms with Crippen LogP contribution in [0.4, 0.5) is 5.69 Å². The molecule has 182 valence electrons. The molecule has 0 spiro atoms. The number of methoxy groups -OCH3 is 1. The van der Waals surface area contributed by atoms with E-state index in [0.717, 1.165) is 18.6 Å². The first-order valence-corrected chi connectivity index (χ1v) is 12.5. The van der Waals surface area contributed by atoms with Crippen LogP contribution in [0.3, 0.4) is 0 Å². The molecule has 1 N–H and O–H groups in total. The number of likely N-dealkylation sites (tertiary alicyclic amines) is 1. The van der Waals surface area contributed by atoms with Crippen LogP contribution in [0, 0.1) is 0 Å². The van der Waals surface area contributed by atoms with Gasteiger partial charge in [0.15, 0.2) is 11.0 Å². The molecule has 0 saturated carbocycles. The summed E-state index contributed by atoms with van der Waals surface area (Å²) < 4.78 is 7.07. The molecule has 35 heavy (non-hydrogen) atoms. The zero-order chi connectivity index (χ0) is 24.8. The summed E-state index contributed by atoms with van der Waals surface area (Å²) in [5.74, 6) is 1.36. The Bertz CT molecular complexity index is 1200. The highest BCUT2D eigenvalue weighted by molar-refractivity contribution is 7.99. The first-order valence-electron chi connectivity index (χ1n) is 11.2. The van der Waals surface area contributed by atoms with Gasteiger partial charge in [-0.25, -0.2) is 0 Å². The summed E-state index contributed by atoms with van der Waals surface area (Å²) in [5, 5.41) is 12.8. The van der Waals surface area contributed by atoms with Crippen LogP contribution in [0.2, 0.25) is 5.02 Å². The monoisotopic (exact) mass is 511 g/mol. The highest BCUT2D eigenvalue weighted by Crippen LogP contribution is 2.34. The van der Waals surface area contributed by atoms with Gasteiger partial charge in [0, 0.05) is 29.4 Å². The van der Waals surface area contributed by atoms with Gasteiger partial charge in [0.1, 0.15) is 5.75 Å². The van der Waals surface area contributed by atoms with Crippen LogP contribution in [0.15, 0.2) is 66.3 Å². The number of ether oxygens (including phenoxy) is 1. The van der Waals surface area contributed by atoms with Crippen molar-refractivity contribution in [1.29, 1.82) is 0 Å². The molecule has 1 fully saturated rings. The van der Waals surface area contributed by atoms with E-state index >= 15 is 0 Å². The van der Waals surface area contributed by atoms with Crippen molar-refractivity contribution in [2.75, 3.05) is 24.7 Å².